The maximum Gasteiger partial charge on any atom is 0.203 e. The predicted octanol–water partition coefficient (Wildman–Crippen LogP) is 3.34. The second kappa shape index (κ2) is 9.48. The Morgan fingerprint density at radius 1 is 1.46 bits per heavy atom. The minimum atomic E-state index is 0.113. The van der Waals surface area contributed by atoms with Crippen molar-refractivity contribution in [2.45, 2.75) is 49.9 Å². The normalized spacial score (nSPS) is 20.0. The fourth-order valence-corrected chi connectivity index (χ4v) is 3.26. The second-order valence-electron chi connectivity index (χ2n) is 5.55. The highest BCUT2D eigenvalue weighted by molar-refractivity contribution is 7.99. The van der Waals surface area contributed by atoms with E-state index < -0.39 is 0 Å². The van der Waals surface area contributed by atoms with E-state index in [1.165, 1.54) is 11.8 Å². The largest absolute Gasteiger partial charge is 0.393 e. The first kappa shape index (κ1) is 18.5. The minimum Gasteiger partial charge on any atom is -0.393 e. The number of hydrogen-bond donors (Lipinski definition) is 3. The molecule has 1 aliphatic carbocycles. The molecule has 0 unspecified atom stereocenters. The Morgan fingerprint density at radius 2 is 2.29 bits per heavy atom. The molecular weight excluding hydrogens is 330 g/mol. The van der Waals surface area contributed by atoms with Crippen molar-refractivity contribution in [3.05, 3.63) is 4.91 Å². The van der Waals surface area contributed by atoms with Crippen molar-refractivity contribution in [3.63, 3.8) is 0 Å². The molecule has 1 aromatic heterocycles. The van der Waals surface area contributed by atoms with E-state index in [4.69, 9.17) is 16.0 Å². The molecule has 0 radical (unpaired) electrons. The lowest BCUT2D eigenvalue weighted by Gasteiger charge is -2.16. The molecular formula is C14H23N7O2S. The molecule has 9 nitrogen and oxygen atoms in total. The van der Waals surface area contributed by atoms with Gasteiger partial charge in [0.15, 0.2) is 11.0 Å². The zero-order valence-electron chi connectivity index (χ0n) is 13.7. The fourth-order valence-electron chi connectivity index (χ4n) is 2.56. The molecule has 132 valence electrons. The summed E-state index contributed by atoms with van der Waals surface area (Å²) >= 11 is 1.52. The summed E-state index contributed by atoms with van der Waals surface area (Å²) in [4.78, 5) is 18.7. The number of nitrogens with two attached hydrogens (primary N) is 1. The number of ether oxygens (including phenoxy) is 1. The zero-order chi connectivity index (χ0) is 17.4. The van der Waals surface area contributed by atoms with Crippen LogP contribution in [0.3, 0.4) is 0 Å². The summed E-state index contributed by atoms with van der Waals surface area (Å²) in [5, 5.41) is 10.1. The maximum absolute atomic E-state index is 10.1. The number of hydrogen-bond acceptors (Lipinski definition) is 10. The monoisotopic (exact) mass is 353 g/mol. The Bertz CT molecular complexity index is 572. The molecule has 1 fully saturated rings. The zero-order valence-corrected chi connectivity index (χ0v) is 14.5. The first-order valence-electron chi connectivity index (χ1n) is 8.03. The average molecular weight is 353 g/mol. The number of rotatable bonds is 10. The van der Waals surface area contributed by atoms with Gasteiger partial charge in [0.25, 0.3) is 0 Å². The fraction of sp³-hybridized carbons (Fsp3) is 0.714. The third-order valence-corrected chi connectivity index (χ3v) is 4.76. The van der Waals surface area contributed by atoms with Crippen molar-refractivity contribution in [1.82, 2.24) is 9.97 Å². The van der Waals surface area contributed by atoms with E-state index in [0.717, 1.165) is 31.4 Å². The van der Waals surface area contributed by atoms with Crippen LogP contribution in [0.2, 0.25) is 0 Å². The average Bonchev–Trinajstić information content (AvgIpc) is 3.03. The Balaban J connectivity index is 2.00. The molecule has 2 rings (SSSR count). The van der Waals surface area contributed by atoms with Gasteiger partial charge >= 0.3 is 0 Å². The van der Waals surface area contributed by atoms with Crippen LogP contribution in [0.15, 0.2) is 15.4 Å². The van der Waals surface area contributed by atoms with Crippen LogP contribution in [0.25, 0.3) is 0 Å². The standard InChI is InChI=1S/C14H23N7O2S/c1-2-7-24-14-19-12(11(15)13(20-14)21-16)18-9-3-4-10(8-9)23-6-5-17-22/h9-10,16H,2-8,15H2,1H3,(H,18,19,20)/t9-,10+/m0/s1. The number of aromatic nitrogens is 2. The quantitative estimate of drug-likeness (QED) is 0.193. The molecule has 0 bridgehead atoms. The lowest BCUT2D eigenvalue weighted by atomic mass is 10.2. The van der Waals surface area contributed by atoms with Gasteiger partial charge in [-0.25, -0.2) is 10.5 Å². The van der Waals surface area contributed by atoms with Crippen LogP contribution in [0, 0.1) is 10.4 Å². The van der Waals surface area contributed by atoms with Crippen LogP contribution in [0.4, 0.5) is 17.3 Å². The molecule has 0 spiro atoms. The summed E-state index contributed by atoms with van der Waals surface area (Å²) in [6.45, 7) is 2.62. The number of nitrogens with one attached hydrogen (secondary N) is 2. The van der Waals surface area contributed by atoms with Crippen LogP contribution in [-0.4, -0.2) is 41.0 Å². The number of nitrogen functional groups attached to an aromatic ring is 1. The lowest BCUT2D eigenvalue weighted by Crippen LogP contribution is -2.20. The summed E-state index contributed by atoms with van der Waals surface area (Å²) in [6, 6.07) is 0.180. The van der Waals surface area contributed by atoms with Gasteiger partial charge in [0.05, 0.1) is 12.7 Å². The van der Waals surface area contributed by atoms with Crippen LogP contribution in [-0.2, 0) is 4.74 Å². The van der Waals surface area contributed by atoms with E-state index in [-0.39, 0.29) is 24.5 Å². The Kier molecular flexibility index (Phi) is 7.32. The summed E-state index contributed by atoms with van der Waals surface area (Å²) in [6.07, 6.45) is 3.77. The molecule has 4 N–H and O–H groups in total. The van der Waals surface area contributed by atoms with Crippen LogP contribution >= 0.6 is 11.8 Å². The van der Waals surface area contributed by atoms with Gasteiger partial charge in [0.2, 0.25) is 5.82 Å². The molecule has 2 atom stereocenters. The van der Waals surface area contributed by atoms with Crippen LogP contribution < -0.4 is 11.1 Å². The molecule has 1 saturated carbocycles. The van der Waals surface area contributed by atoms with Gasteiger partial charge in [-0.05, 0) is 25.7 Å². The van der Waals surface area contributed by atoms with Gasteiger partial charge in [-0.2, -0.15) is 9.89 Å². The number of anilines is 2. The van der Waals surface area contributed by atoms with E-state index in [1.807, 2.05) is 0 Å². The van der Waals surface area contributed by atoms with E-state index in [2.05, 4.69) is 32.5 Å². The van der Waals surface area contributed by atoms with Gasteiger partial charge in [-0.1, -0.05) is 23.9 Å². The van der Waals surface area contributed by atoms with E-state index in [0.29, 0.717) is 23.3 Å². The SMILES string of the molecule is CCCSc1nc(N=N)c(N)c(N[C@H]2CC[C@@H](OCCN=O)C2)n1. The van der Waals surface area contributed by atoms with Crippen molar-refractivity contribution in [1.29, 1.82) is 5.53 Å². The van der Waals surface area contributed by atoms with Crippen molar-refractivity contribution in [2.75, 3.05) is 30.0 Å². The summed E-state index contributed by atoms with van der Waals surface area (Å²) < 4.78 is 5.61. The number of nitroso groups, excluding NO2 is 1. The summed E-state index contributed by atoms with van der Waals surface area (Å²) in [5.74, 6) is 1.61. The molecule has 24 heavy (non-hydrogen) atoms. The Labute approximate surface area is 145 Å². The van der Waals surface area contributed by atoms with Crippen molar-refractivity contribution in [2.24, 2.45) is 10.3 Å². The van der Waals surface area contributed by atoms with Gasteiger partial charge in [-0.3, -0.25) is 0 Å². The second-order valence-corrected chi connectivity index (χ2v) is 6.61. The molecule has 1 aromatic rings. The first-order chi connectivity index (χ1) is 11.7. The third-order valence-electron chi connectivity index (χ3n) is 3.71. The highest BCUT2D eigenvalue weighted by Crippen LogP contribution is 2.32. The van der Waals surface area contributed by atoms with E-state index in [9.17, 15) is 4.91 Å². The molecule has 1 aliphatic rings. The molecule has 0 saturated heterocycles. The Hall–Kier alpha value is -1.81. The summed E-state index contributed by atoms with van der Waals surface area (Å²) in [7, 11) is 0. The lowest BCUT2D eigenvalue weighted by molar-refractivity contribution is 0.0637. The molecule has 0 amide bonds. The third kappa shape index (κ3) is 5.10. The van der Waals surface area contributed by atoms with Crippen LogP contribution in [0.5, 0.6) is 0 Å². The predicted molar refractivity (Wildman–Crippen MR) is 93.9 cm³/mol. The maximum atomic E-state index is 10.1. The first-order valence-corrected chi connectivity index (χ1v) is 9.01. The van der Waals surface area contributed by atoms with Gasteiger partial charge in [0, 0.05) is 11.8 Å². The van der Waals surface area contributed by atoms with Gasteiger partial charge in [-0.15, -0.1) is 5.11 Å². The highest BCUT2D eigenvalue weighted by Gasteiger charge is 2.26. The Morgan fingerprint density at radius 3 is 3.00 bits per heavy atom. The minimum absolute atomic E-state index is 0.113. The van der Waals surface area contributed by atoms with Gasteiger partial charge in [0.1, 0.15) is 12.2 Å². The molecule has 1 heterocycles. The molecule has 0 aliphatic heterocycles. The molecule has 0 aromatic carbocycles. The van der Waals surface area contributed by atoms with Crippen LogP contribution in [0.1, 0.15) is 32.6 Å². The molecule has 10 heteroatoms. The highest BCUT2D eigenvalue weighted by atomic mass is 32.2. The van der Waals surface area contributed by atoms with E-state index in [1.54, 1.807) is 0 Å². The van der Waals surface area contributed by atoms with Crippen molar-refractivity contribution >= 4 is 29.1 Å². The van der Waals surface area contributed by atoms with Crippen molar-refractivity contribution < 1.29 is 4.74 Å². The topological polar surface area (TPSA) is 139 Å². The summed E-state index contributed by atoms with van der Waals surface area (Å²) in [5.41, 5.74) is 13.5. The smallest absolute Gasteiger partial charge is 0.203 e. The van der Waals surface area contributed by atoms with Gasteiger partial charge < -0.3 is 15.8 Å². The van der Waals surface area contributed by atoms with Crippen molar-refractivity contribution in [3.8, 4) is 0 Å². The number of nitrogens with zero attached hydrogens (tertiary/aromatic N) is 4. The number of thioether (sulfide) groups is 1. The van der Waals surface area contributed by atoms with E-state index >= 15 is 0 Å².